The lowest BCUT2D eigenvalue weighted by Gasteiger charge is -2.42. The lowest BCUT2D eigenvalue weighted by Crippen LogP contribution is -2.58. The number of benzene rings is 1. The maximum Gasteiger partial charge on any atom is 0.186 e. The number of fused-ring (bicyclic) bond motifs is 1. The summed E-state index contributed by atoms with van der Waals surface area (Å²) < 4.78 is 17.5. The van der Waals surface area contributed by atoms with Crippen molar-refractivity contribution in [3.63, 3.8) is 0 Å². The first-order valence-corrected chi connectivity index (χ1v) is 9.37. The molecule has 0 aromatic heterocycles. The van der Waals surface area contributed by atoms with Crippen molar-refractivity contribution in [2.75, 3.05) is 6.61 Å². The van der Waals surface area contributed by atoms with Crippen molar-refractivity contribution >= 4 is 0 Å². The molecule has 7 heteroatoms. The second kappa shape index (κ2) is 7.22. The zero-order chi connectivity index (χ0) is 20.1. The van der Waals surface area contributed by atoms with E-state index in [0.29, 0.717) is 12.2 Å². The van der Waals surface area contributed by atoms with Gasteiger partial charge in [-0.1, -0.05) is 0 Å². The fourth-order valence-electron chi connectivity index (χ4n) is 3.81. The van der Waals surface area contributed by atoms with Gasteiger partial charge < -0.3 is 34.6 Å². The number of aliphatic hydroxyl groups is 3. The summed E-state index contributed by atoms with van der Waals surface area (Å²) in [7, 11) is 0. The lowest BCUT2D eigenvalue weighted by atomic mass is 9.87. The number of phenols is 1. The van der Waals surface area contributed by atoms with E-state index in [2.05, 4.69) is 0 Å². The third-order valence-electron chi connectivity index (χ3n) is 5.95. The van der Waals surface area contributed by atoms with E-state index < -0.39 is 36.3 Å². The quantitative estimate of drug-likeness (QED) is 0.623. The standard InChI is InChI=1S/C20H30O7/c1-9-10(2)18-13(11(3)14(9)21)6-7-20(5,27-18)8-25-19-17(24)16(23)15(22)12(4)26-19/h12,15-17,19,21-24H,6-8H2,1-5H3/t12-,15+,16+,17-,19-,20?/m0/s1. The average molecular weight is 382 g/mol. The minimum Gasteiger partial charge on any atom is -0.507 e. The van der Waals surface area contributed by atoms with Gasteiger partial charge in [0.25, 0.3) is 0 Å². The van der Waals surface area contributed by atoms with E-state index in [-0.39, 0.29) is 6.61 Å². The van der Waals surface area contributed by atoms with Gasteiger partial charge in [-0.05, 0) is 64.2 Å². The van der Waals surface area contributed by atoms with Crippen LogP contribution in [0.2, 0.25) is 0 Å². The molecule has 152 valence electrons. The number of aromatic hydroxyl groups is 1. The summed E-state index contributed by atoms with van der Waals surface area (Å²) in [4.78, 5) is 0. The van der Waals surface area contributed by atoms with Gasteiger partial charge in [0.15, 0.2) is 6.29 Å². The normalized spacial score (nSPS) is 36.2. The summed E-state index contributed by atoms with van der Waals surface area (Å²) in [5.41, 5.74) is 2.91. The van der Waals surface area contributed by atoms with Crippen LogP contribution in [0.15, 0.2) is 0 Å². The van der Waals surface area contributed by atoms with E-state index >= 15 is 0 Å². The molecule has 3 rings (SSSR count). The topological polar surface area (TPSA) is 109 Å². The number of aliphatic hydroxyl groups excluding tert-OH is 3. The Bertz CT molecular complexity index is 719. The molecule has 0 bridgehead atoms. The zero-order valence-corrected chi connectivity index (χ0v) is 16.5. The van der Waals surface area contributed by atoms with Gasteiger partial charge in [-0.3, -0.25) is 0 Å². The van der Waals surface area contributed by atoms with Crippen molar-refractivity contribution in [3.8, 4) is 11.5 Å². The zero-order valence-electron chi connectivity index (χ0n) is 16.5. The van der Waals surface area contributed by atoms with E-state index in [1.54, 1.807) is 6.92 Å². The Balaban J connectivity index is 1.74. The van der Waals surface area contributed by atoms with Crippen LogP contribution < -0.4 is 4.74 Å². The summed E-state index contributed by atoms with van der Waals surface area (Å²) >= 11 is 0. The van der Waals surface area contributed by atoms with Gasteiger partial charge in [0.2, 0.25) is 0 Å². The fraction of sp³-hybridized carbons (Fsp3) is 0.700. The monoisotopic (exact) mass is 382 g/mol. The van der Waals surface area contributed by atoms with Crippen LogP contribution in [-0.4, -0.2) is 63.3 Å². The third-order valence-corrected chi connectivity index (χ3v) is 5.95. The average Bonchev–Trinajstić information content (AvgIpc) is 2.64. The largest absolute Gasteiger partial charge is 0.507 e. The second-order valence-electron chi connectivity index (χ2n) is 8.08. The molecule has 2 aliphatic heterocycles. The molecule has 4 N–H and O–H groups in total. The Morgan fingerprint density at radius 2 is 1.70 bits per heavy atom. The van der Waals surface area contributed by atoms with E-state index in [4.69, 9.17) is 14.2 Å². The molecule has 1 saturated heterocycles. The highest BCUT2D eigenvalue weighted by Gasteiger charge is 2.44. The highest BCUT2D eigenvalue weighted by molar-refractivity contribution is 5.58. The van der Waals surface area contributed by atoms with Gasteiger partial charge in [0, 0.05) is 5.56 Å². The molecule has 1 aromatic carbocycles. The smallest absolute Gasteiger partial charge is 0.186 e. The van der Waals surface area contributed by atoms with E-state index in [1.807, 2.05) is 27.7 Å². The van der Waals surface area contributed by atoms with E-state index in [9.17, 15) is 20.4 Å². The van der Waals surface area contributed by atoms with Crippen molar-refractivity contribution in [2.45, 2.75) is 83.8 Å². The fourth-order valence-corrected chi connectivity index (χ4v) is 3.81. The Morgan fingerprint density at radius 3 is 2.37 bits per heavy atom. The minimum absolute atomic E-state index is 0.155. The Kier molecular flexibility index (Phi) is 5.44. The SMILES string of the molecule is Cc1c(C)c2c(c(C)c1O)CCC(C)(CO[C@H]1O[C@@H](C)[C@@H](O)[C@@H](O)[C@@H]1O)O2. The number of phenolic OH excluding ortho intramolecular Hbond substituents is 1. The molecule has 1 aromatic rings. The number of ether oxygens (including phenoxy) is 3. The van der Waals surface area contributed by atoms with Gasteiger partial charge in [-0.15, -0.1) is 0 Å². The van der Waals surface area contributed by atoms with E-state index in [1.165, 1.54) is 0 Å². The highest BCUT2D eigenvalue weighted by atomic mass is 16.7. The molecule has 1 fully saturated rings. The van der Waals surface area contributed by atoms with Crippen molar-refractivity contribution in [2.24, 2.45) is 0 Å². The van der Waals surface area contributed by atoms with Crippen molar-refractivity contribution < 1.29 is 34.6 Å². The molecule has 0 spiro atoms. The van der Waals surface area contributed by atoms with E-state index in [0.717, 1.165) is 34.4 Å². The molecule has 6 atom stereocenters. The summed E-state index contributed by atoms with van der Waals surface area (Å²) in [5.74, 6) is 1.09. The summed E-state index contributed by atoms with van der Waals surface area (Å²) in [6, 6.07) is 0. The van der Waals surface area contributed by atoms with Crippen LogP contribution in [0.3, 0.4) is 0 Å². The lowest BCUT2D eigenvalue weighted by molar-refractivity contribution is -0.300. The van der Waals surface area contributed by atoms with Crippen LogP contribution in [-0.2, 0) is 15.9 Å². The van der Waals surface area contributed by atoms with Crippen molar-refractivity contribution in [3.05, 3.63) is 22.3 Å². The summed E-state index contributed by atoms with van der Waals surface area (Å²) in [6.07, 6.45) is -4.09. The second-order valence-corrected chi connectivity index (χ2v) is 8.08. The number of rotatable bonds is 3. The van der Waals surface area contributed by atoms with Crippen molar-refractivity contribution in [1.29, 1.82) is 0 Å². The molecule has 0 radical (unpaired) electrons. The first-order valence-electron chi connectivity index (χ1n) is 9.37. The van der Waals surface area contributed by atoms with Crippen LogP contribution in [0.5, 0.6) is 11.5 Å². The third kappa shape index (κ3) is 3.54. The molecule has 0 saturated carbocycles. The first kappa shape index (κ1) is 20.4. The maximum atomic E-state index is 10.3. The molecule has 27 heavy (non-hydrogen) atoms. The van der Waals surface area contributed by atoms with Crippen LogP contribution in [0.25, 0.3) is 0 Å². The molecule has 2 heterocycles. The molecule has 0 amide bonds. The van der Waals surface area contributed by atoms with Gasteiger partial charge in [-0.25, -0.2) is 0 Å². The molecule has 7 nitrogen and oxygen atoms in total. The highest BCUT2D eigenvalue weighted by Crippen LogP contribution is 2.43. The Hall–Kier alpha value is -1.38. The number of hydrogen-bond donors (Lipinski definition) is 4. The molecular formula is C20H30O7. The van der Waals surface area contributed by atoms with Gasteiger partial charge in [0.1, 0.15) is 35.4 Å². The predicted octanol–water partition coefficient (Wildman–Crippen LogP) is 1.25. The maximum absolute atomic E-state index is 10.3. The molecule has 2 aliphatic rings. The Labute approximate surface area is 159 Å². The van der Waals surface area contributed by atoms with Crippen LogP contribution in [0, 0.1) is 20.8 Å². The van der Waals surface area contributed by atoms with Crippen molar-refractivity contribution in [1.82, 2.24) is 0 Å². The first-order chi connectivity index (χ1) is 12.6. The van der Waals surface area contributed by atoms with Crippen LogP contribution in [0.1, 0.15) is 42.5 Å². The minimum atomic E-state index is -1.33. The Morgan fingerprint density at radius 1 is 1.04 bits per heavy atom. The van der Waals surface area contributed by atoms with Gasteiger partial charge >= 0.3 is 0 Å². The molecule has 0 aliphatic carbocycles. The summed E-state index contributed by atoms with van der Waals surface area (Å²) in [6.45, 7) is 9.38. The van der Waals surface area contributed by atoms with Crippen LogP contribution >= 0.6 is 0 Å². The number of hydrogen-bond acceptors (Lipinski definition) is 7. The van der Waals surface area contributed by atoms with Gasteiger partial charge in [-0.2, -0.15) is 0 Å². The van der Waals surface area contributed by atoms with Crippen LogP contribution in [0.4, 0.5) is 0 Å². The molecular weight excluding hydrogens is 352 g/mol. The summed E-state index contributed by atoms with van der Waals surface area (Å²) in [5, 5.41) is 40.1. The van der Waals surface area contributed by atoms with Gasteiger partial charge in [0.05, 0.1) is 12.7 Å². The molecule has 1 unspecified atom stereocenters. The predicted molar refractivity (Wildman–Crippen MR) is 98.0 cm³/mol.